The highest BCUT2D eigenvalue weighted by Crippen LogP contribution is 1.96. The quantitative estimate of drug-likeness (QED) is 0.752. The van der Waals surface area contributed by atoms with Crippen LogP contribution >= 0.6 is 0 Å². The van der Waals surface area contributed by atoms with Gasteiger partial charge in [-0.05, 0) is 13.3 Å². The van der Waals surface area contributed by atoms with Crippen molar-refractivity contribution in [1.29, 1.82) is 0 Å². The van der Waals surface area contributed by atoms with Crippen LogP contribution in [0.4, 0.5) is 0 Å². The maximum atomic E-state index is 11.3. The van der Waals surface area contributed by atoms with Crippen molar-refractivity contribution in [3.63, 3.8) is 0 Å². The van der Waals surface area contributed by atoms with Crippen LogP contribution in [0, 0.1) is 6.92 Å². The largest absolute Gasteiger partial charge is 0.346 e. The third-order valence-electron chi connectivity index (χ3n) is 1.94. The van der Waals surface area contributed by atoms with E-state index in [1.54, 1.807) is 6.20 Å². The van der Waals surface area contributed by atoms with Gasteiger partial charge in [0.2, 0.25) is 10.0 Å². The number of rotatable bonds is 6. The molecule has 0 aliphatic rings. The predicted molar refractivity (Wildman–Crippen MR) is 59.1 cm³/mol. The number of H-pyrrole nitrogens is 1. The van der Waals surface area contributed by atoms with Gasteiger partial charge in [0.25, 0.3) is 0 Å². The molecular formula is C9H17N3O2S. The number of aromatic amines is 1. The van der Waals surface area contributed by atoms with Crippen LogP contribution in [-0.4, -0.2) is 30.7 Å². The number of aromatic nitrogens is 2. The molecule has 5 nitrogen and oxygen atoms in total. The van der Waals surface area contributed by atoms with Crippen LogP contribution in [0.5, 0.6) is 0 Å². The molecule has 0 saturated heterocycles. The highest BCUT2D eigenvalue weighted by molar-refractivity contribution is 7.89. The summed E-state index contributed by atoms with van der Waals surface area (Å²) in [5.74, 6) is 1.04. The van der Waals surface area contributed by atoms with E-state index in [9.17, 15) is 8.42 Å². The molecular weight excluding hydrogens is 214 g/mol. The molecule has 0 spiro atoms. The molecule has 0 amide bonds. The van der Waals surface area contributed by atoms with E-state index >= 15 is 0 Å². The molecule has 15 heavy (non-hydrogen) atoms. The zero-order chi connectivity index (χ0) is 11.3. The van der Waals surface area contributed by atoms with Gasteiger partial charge in [-0.2, -0.15) is 0 Å². The number of aryl methyl sites for hydroxylation is 1. The Kier molecular flexibility index (Phi) is 4.28. The smallest absolute Gasteiger partial charge is 0.211 e. The van der Waals surface area contributed by atoms with E-state index in [0.717, 1.165) is 11.5 Å². The van der Waals surface area contributed by atoms with Crippen molar-refractivity contribution in [3.05, 3.63) is 17.7 Å². The molecule has 2 N–H and O–H groups in total. The molecule has 1 rings (SSSR count). The van der Waals surface area contributed by atoms with Gasteiger partial charge in [-0.1, -0.05) is 6.92 Å². The number of sulfonamides is 1. The van der Waals surface area contributed by atoms with Gasteiger partial charge in [0.1, 0.15) is 5.82 Å². The summed E-state index contributed by atoms with van der Waals surface area (Å²) in [6.45, 7) is 4.13. The Morgan fingerprint density at radius 3 is 2.80 bits per heavy atom. The molecule has 0 fully saturated rings. The first-order valence-corrected chi connectivity index (χ1v) is 6.66. The molecule has 1 heterocycles. The zero-order valence-electron chi connectivity index (χ0n) is 9.08. The molecule has 6 heteroatoms. The number of hydrogen-bond donors (Lipinski definition) is 2. The molecule has 0 aliphatic heterocycles. The molecule has 1 aromatic heterocycles. The van der Waals surface area contributed by atoms with Crippen LogP contribution < -0.4 is 4.72 Å². The Labute approximate surface area is 90.4 Å². The van der Waals surface area contributed by atoms with Gasteiger partial charge in [0, 0.05) is 24.9 Å². The second-order valence-electron chi connectivity index (χ2n) is 3.46. The van der Waals surface area contributed by atoms with Gasteiger partial charge in [-0.3, -0.25) is 0 Å². The van der Waals surface area contributed by atoms with Crippen molar-refractivity contribution in [3.8, 4) is 0 Å². The lowest BCUT2D eigenvalue weighted by molar-refractivity contribution is 0.580. The number of nitrogens with one attached hydrogen (secondary N) is 2. The highest BCUT2D eigenvalue weighted by atomic mass is 32.2. The van der Waals surface area contributed by atoms with Gasteiger partial charge >= 0.3 is 0 Å². The summed E-state index contributed by atoms with van der Waals surface area (Å²) in [6, 6.07) is 0. The minimum absolute atomic E-state index is 0.189. The van der Waals surface area contributed by atoms with E-state index in [1.807, 2.05) is 13.8 Å². The van der Waals surface area contributed by atoms with Crippen LogP contribution in [0.25, 0.3) is 0 Å². The summed E-state index contributed by atoms with van der Waals surface area (Å²) in [5.41, 5.74) is 0.951. The lowest BCUT2D eigenvalue weighted by Crippen LogP contribution is -2.28. The van der Waals surface area contributed by atoms with E-state index in [2.05, 4.69) is 14.7 Å². The Morgan fingerprint density at radius 1 is 1.53 bits per heavy atom. The molecule has 0 bridgehead atoms. The summed E-state index contributed by atoms with van der Waals surface area (Å²) in [5, 5.41) is 0. The van der Waals surface area contributed by atoms with Crippen LogP contribution in [-0.2, 0) is 16.4 Å². The van der Waals surface area contributed by atoms with Crippen molar-refractivity contribution >= 4 is 10.0 Å². The summed E-state index contributed by atoms with van der Waals surface area (Å²) in [6.07, 6.45) is 3.01. The lowest BCUT2D eigenvalue weighted by Gasteiger charge is -2.03. The molecule has 0 radical (unpaired) electrons. The van der Waals surface area contributed by atoms with Crippen molar-refractivity contribution in [2.75, 3.05) is 12.3 Å². The van der Waals surface area contributed by atoms with E-state index < -0.39 is 10.0 Å². The van der Waals surface area contributed by atoms with Crippen molar-refractivity contribution in [1.82, 2.24) is 14.7 Å². The van der Waals surface area contributed by atoms with Crippen LogP contribution in [0.3, 0.4) is 0 Å². The Balaban J connectivity index is 2.33. The van der Waals surface area contributed by atoms with E-state index in [4.69, 9.17) is 0 Å². The zero-order valence-corrected chi connectivity index (χ0v) is 9.89. The van der Waals surface area contributed by atoms with Crippen molar-refractivity contribution in [2.24, 2.45) is 0 Å². The molecule has 86 valence electrons. The third-order valence-corrected chi connectivity index (χ3v) is 3.53. The van der Waals surface area contributed by atoms with Gasteiger partial charge in [0.15, 0.2) is 0 Å². The van der Waals surface area contributed by atoms with E-state index in [1.165, 1.54) is 0 Å². The summed E-state index contributed by atoms with van der Waals surface area (Å²) < 4.78 is 25.1. The van der Waals surface area contributed by atoms with Crippen molar-refractivity contribution in [2.45, 2.75) is 26.7 Å². The molecule has 0 aliphatic carbocycles. The maximum absolute atomic E-state index is 11.3. The van der Waals surface area contributed by atoms with Gasteiger partial charge in [0.05, 0.1) is 5.75 Å². The van der Waals surface area contributed by atoms with Gasteiger partial charge < -0.3 is 4.98 Å². The molecule has 0 unspecified atom stereocenters. The highest BCUT2D eigenvalue weighted by Gasteiger charge is 2.07. The van der Waals surface area contributed by atoms with Crippen LogP contribution in [0.2, 0.25) is 0 Å². The number of nitrogens with zero attached hydrogens (tertiary/aromatic N) is 1. The van der Waals surface area contributed by atoms with Crippen LogP contribution in [0.1, 0.15) is 24.9 Å². The summed E-state index contributed by atoms with van der Waals surface area (Å²) in [4.78, 5) is 7.08. The summed E-state index contributed by atoms with van der Waals surface area (Å²) in [7, 11) is -3.08. The Bertz CT molecular complexity index is 397. The fourth-order valence-electron chi connectivity index (χ4n) is 1.28. The maximum Gasteiger partial charge on any atom is 0.211 e. The lowest BCUT2D eigenvalue weighted by atomic mass is 10.3. The van der Waals surface area contributed by atoms with Gasteiger partial charge in [-0.15, -0.1) is 0 Å². The SMILES string of the molecule is CCCS(=O)(=O)NCCc1cnc(C)[nH]1. The average molecular weight is 231 g/mol. The summed E-state index contributed by atoms with van der Waals surface area (Å²) >= 11 is 0. The standard InChI is InChI=1S/C9H17N3O2S/c1-3-6-15(13,14)11-5-4-9-7-10-8(2)12-9/h7,11H,3-6H2,1-2H3,(H,10,12). The van der Waals surface area contributed by atoms with Crippen molar-refractivity contribution < 1.29 is 8.42 Å². The predicted octanol–water partition coefficient (Wildman–Crippen LogP) is 0.590. The first-order chi connectivity index (χ1) is 7.03. The van der Waals surface area contributed by atoms with Gasteiger partial charge in [-0.25, -0.2) is 18.1 Å². The minimum Gasteiger partial charge on any atom is -0.346 e. The van der Waals surface area contributed by atoms with Crippen LogP contribution in [0.15, 0.2) is 6.20 Å². The first kappa shape index (κ1) is 12.2. The average Bonchev–Trinajstić information content (AvgIpc) is 2.51. The van der Waals surface area contributed by atoms with E-state index in [-0.39, 0.29) is 5.75 Å². The molecule has 0 aromatic carbocycles. The minimum atomic E-state index is -3.08. The number of hydrogen-bond acceptors (Lipinski definition) is 3. The first-order valence-electron chi connectivity index (χ1n) is 5.01. The van der Waals surface area contributed by atoms with E-state index in [0.29, 0.717) is 19.4 Å². The number of imidazole rings is 1. The normalized spacial score (nSPS) is 11.9. The fourth-order valence-corrected chi connectivity index (χ4v) is 2.38. The molecule has 1 aromatic rings. The second-order valence-corrected chi connectivity index (χ2v) is 5.38. The fraction of sp³-hybridized carbons (Fsp3) is 0.667. The Hall–Kier alpha value is -0.880. The monoisotopic (exact) mass is 231 g/mol. The second kappa shape index (κ2) is 5.27. The molecule has 0 atom stereocenters. The molecule has 0 saturated carbocycles. The Morgan fingerprint density at radius 2 is 2.27 bits per heavy atom. The topological polar surface area (TPSA) is 74.8 Å². The third kappa shape index (κ3) is 4.44.